The Labute approximate surface area is 123 Å². The molecule has 0 unspecified atom stereocenters. The lowest BCUT2D eigenvalue weighted by Gasteiger charge is -2.08. The predicted octanol–water partition coefficient (Wildman–Crippen LogP) is 0.965. The lowest BCUT2D eigenvalue weighted by molar-refractivity contribution is 0.0952. The first kappa shape index (κ1) is 14.8. The maximum absolute atomic E-state index is 12.2. The van der Waals surface area contributed by atoms with Crippen LogP contribution in [0.4, 0.5) is 0 Å². The van der Waals surface area contributed by atoms with Gasteiger partial charge in [-0.25, -0.2) is 4.98 Å². The van der Waals surface area contributed by atoms with Gasteiger partial charge in [-0.2, -0.15) is 0 Å². The minimum absolute atomic E-state index is 0.169. The average Bonchev–Trinajstić information content (AvgIpc) is 2.98. The van der Waals surface area contributed by atoms with Crippen molar-refractivity contribution in [3.8, 4) is 11.8 Å². The predicted molar refractivity (Wildman–Crippen MR) is 79.7 cm³/mol. The molecule has 2 aromatic rings. The largest absolute Gasteiger partial charge is 0.384 e. The molecular weight excluding hydrogens is 266 g/mol. The van der Waals surface area contributed by atoms with E-state index in [-0.39, 0.29) is 12.5 Å². The Morgan fingerprint density at radius 1 is 1.48 bits per heavy atom. The summed E-state index contributed by atoms with van der Waals surface area (Å²) in [4.78, 5) is 16.1. The van der Waals surface area contributed by atoms with Gasteiger partial charge in [0.15, 0.2) is 0 Å². The summed E-state index contributed by atoms with van der Waals surface area (Å²) in [5.41, 5.74) is 2.17. The number of nitrogens with zero attached hydrogens (tertiary/aromatic N) is 2. The summed E-state index contributed by atoms with van der Waals surface area (Å²) in [6.07, 6.45) is 5.25. The summed E-state index contributed by atoms with van der Waals surface area (Å²) in [6, 6.07) is 5.46. The van der Waals surface area contributed by atoms with Gasteiger partial charge in [-0.3, -0.25) is 4.79 Å². The Morgan fingerprint density at radius 3 is 3.05 bits per heavy atom. The molecular formula is C16H17N3O2. The lowest BCUT2D eigenvalue weighted by Crippen LogP contribution is -2.27. The second kappa shape index (κ2) is 7.27. The van der Waals surface area contributed by atoms with Crippen LogP contribution in [0.3, 0.4) is 0 Å². The molecule has 0 bridgehead atoms. The molecule has 2 N–H and O–H groups in total. The molecule has 0 aliphatic rings. The van der Waals surface area contributed by atoms with Crippen molar-refractivity contribution in [3.05, 3.63) is 53.6 Å². The number of aliphatic hydroxyl groups is 1. The summed E-state index contributed by atoms with van der Waals surface area (Å²) >= 11 is 0. The van der Waals surface area contributed by atoms with Gasteiger partial charge < -0.3 is 15.0 Å². The smallest absolute Gasteiger partial charge is 0.252 e. The first-order valence-electron chi connectivity index (χ1n) is 6.65. The van der Waals surface area contributed by atoms with E-state index in [0.717, 1.165) is 5.56 Å². The van der Waals surface area contributed by atoms with Crippen molar-refractivity contribution < 1.29 is 9.90 Å². The first-order valence-corrected chi connectivity index (χ1v) is 6.65. The fourth-order valence-electron chi connectivity index (χ4n) is 1.91. The Hall–Kier alpha value is -2.58. The SMILES string of the molecule is Cc1ccc(C(=O)NCCn2ccnc2)c(C#CCO)c1. The molecule has 0 saturated heterocycles. The second-order valence-electron chi connectivity index (χ2n) is 4.57. The van der Waals surface area contributed by atoms with Crippen molar-refractivity contribution in [2.24, 2.45) is 0 Å². The molecule has 0 radical (unpaired) electrons. The number of nitrogens with one attached hydrogen (secondary N) is 1. The summed E-state index contributed by atoms with van der Waals surface area (Å²) in [5, 5.41) is 11.6. The monoisotopic (exact) mass is 283 g/mol. The third kappa shape index (κ3) is 4.20. The van der Waals surface area contributed by atoms with Crippen molar-refractivity contribution in [2.75, 3.05) is 13.2 Å². The fourth-order valence-corrected chi connectivity index (χ4v) is 1.91. The van der Waals surface area contributed by atoms with E-state index >= 15 is 0 Å². The number of carbonyl (C=O) groups is 1. The van der Waals surface area contributed by atoms with E-state index in [1.165, 1.54) is 0 Å². The van der Waals surface area contributed by atoms with Crippen molar-refractivity contribution in [2.45, 2.75) is 13.5 Å². The van der Waals surface area contributed by atoms with E-state index in [0.29, 0.717) is 24.2 Å². The lowest BCUT2D eigenvalue weighted by atomic mass is 10.0. The molecule has 0 spiro atoms. The van der Waals surface area contributed by atoms with E-state index < -0.39 is 0 Å². The van der Waals surface area contributed by atoms with Gasteiger partial charge in [0, 0.05) is 31.0 Å². The van der Waals surface area contributed by atoms with Gasteiger partial charge in [-0.05, 0) is 24.6 Å². The molecule has 5 heteroatoms. The number of benzene rings is 1. The van der Waals surface area contributed by atoms with Crippen LogP contribution in [-0.4, -0.2) is 33.7 Å². The topological polar surface area (TPSA) is 67.2 Å². The van der Waals surface area contributed by atoms with Crippen LogP contribution in [0, 0.1) is 18.8 Å². The molecule has 1 aromatic heterocycles. The highest BCUT2D eigenvalue weighted by Crippen LogP contribution is 2.10. The normalized spacial score (nSPS) is 9.81. The summed E-state index contributed by atoms with van der Waals surface area (Å²) in [7, 11) is 0. The van der Waals surface area contributed by atoms with Gasteiger partial charge in [-0.1, -0.05) is 17.9 Å². The molecule has 21 heavy (non-hydrogen) atoms. The number of imidazole rings is 1. The zero-order valence-corrected chi connectivity index (χ0v) is 11.8. The number of carbonyl (C=O) groups excluding carboxylic acids is 1. The van der Waals surface area contributed by atoms with Gasteiger partial charge in [-0.15, -0.1) is 0 Å². The van der Waals surface area contributed by atoms with E-state index in [4.69, 9.17) is 5.11 Å². The van der Waals surface area contributed by atoms with Crippen molar-refractivity contribution in [3.63, 3.8) is 0 Å². The minimum atomic E-state index is -0.227. The number of hydrogen-bond acceptors (Lipinski definition) is 3. The number of amides is 1. The van der Waals surface area contributed by atoms with Gasteiger partial charge >= 0.3 is 0 Å². The molecule has 108 valence electrons. The van der Waals surface area contributed by atoms with Crippen LogP contribution in [0.15, 0.2) is 36.9 Å². The molecule has 0 fully saturated rings. The van der Waals surface area contributed by atoms with Crippen molar-refractivity contribution >= 4 is 5.91 Å². The highest BCUT2D eigenvalue weighted by atomic mass is 16.2. The zero-order chi connectivity index (χ0) is 15.1. The van der Waals surface area contributed by atoms with E-state index in [2.05, 4.69) is 22.1 Å². The number of aliphatic hydroxyl groups excluding tert-OH is 1. The Bertz CT molecular complexity index is 667. The number of hydrogen-bond donors (Lipinski definition) is 2. The van der Waals surface area contributed by atoms with Crippen LogP contribution in [0.1, 0.15) is 21.5 Å². The zero-order valence-electron chi connectivity index (χ0n) is 11.8. The number of aromatic nitrogens is 2. The number of aryl methyl sites for hydroxylation is 1. The van der Waals surface area contributed by atoms with Crippen molar-refractivity contribution in [1.82, 2.24) is 14.9 Å². The van der Waals surface area contributed by atoms with Crippen LogP contribution in [0.5, 0.6) is 0 Å². The van der Waals surface area contributed by atoms with Crippen LogP contribution >= 0.6 is 0 Å². The summed E-state index contributed by atoms with van der Waals surface area (Å²) in [6.45, 7) is 2.88. The summed E-state index contributed by atoms with van der Waals surface area (Å²) in [5.74, 6) is 5.22. The molecule has 1 amide bonds. The fraction of sp³-hybridized carbons (Fsp3) is 0.250. The quantitative estimate of drug-likeness (QED) is 0.822. The summed E-state index contributed by atoms with van der Waals surface area (Å²) < 4.78 is 1.89. The van der Waals surface area contributed by atoms with Crippen LogP contribution in [0.25, 0.3) is 0 Å². The average molecular weight is 283 g/mol. The van der Waals surface area contributed by atoms with E-state index in [9.17, 15) is 4.79 Å². The highest BCUT2D eigenvalue weighted by Gasteiger charge is 2.09. The molecule has 1 heterocycles. The van der Waals surface area contributed by atoms with E-state index in [1.54, 1.807) is 18.6 Å². The van der Waals surface area contributed by atoms with Gasteiger partial charge in [0.05, 0.1) is 11.9 Å². The molecule has 5 nitrogen and oxygen atoms in total. The van der Waals surface area contributed by atoms with E-state index in [1.807, 2.05) is 29.8 Å². The third-order valence-electron chi connectivity index (χ3n) is 2.94. The molecule has 0 aliphatic carbocycles. The highest BCUT2D eigenvalue weighted by molar-refractivity contribution is 5.96. The molecule has 0 saturated carbocycles. The van der Waals surface area contributed by atoms with Gasteiger partial charge in [0.1, 0.15) is 6.61 Å². The third-order valence-corrected chi connectivity index (χ3v) is 2.94. The second-order valence-corrected chi connectivity index (χ2v) is 4.57. The standard InChI is InChI=1S/C16H17N3O2/c1-13-4-5-15(14(11-13)3-2-10-20)16(21)18-7-9-19-8-6-17-12-19/h4-6,8,11-12,20H,7,9-10H2,1H3,(H,18,21). The molecule has 1 aromatic carbocycles. The number of rotatable bonds is 4. The van der Waals surface area contributed by atoms with Crippen LogP contribution in [-0.2, 0) is 6.54 Å². The Kier molecular flexibility index (Phi) is 5.13. The maximum atomic E-state index is 12.2. The maximum Gasteiger partial charge on any atom is 0.252 e. The first-order chi connectivity index (χ1) is 10.2. The van der Waals surface area contributed by atoms with Crippen LogP contribution in [0.2, 0.25) is 0 Å². The molecule has 0 aliphatic heterocycles. The van der Waals surface area contributed by atoms with Crippen LogP contribution < -0.4 is 5.32 Å². The molecule has 2 rings (SSSR count). The Morgan fingerprint density at radius 2 is 2.33 bits per heavy atom. The Balaban J connectivity index is 2.04. The van der Waals surface area contributed by atoms with Gasteiger partial charge in [0.2, 0.25) is 0 Å². The minimum Gasteiger partial charge on any atom is -0.384 e. The van der Waals surface area contributed by atoms with Gasteiger partial charge in [0.25, 0.3) is 5.91 Å². The molecule has 0 atom stereocenters. The van der Waals surface area contributed by atoms with Crippen molar-refractivity contribution in [1.29, 1.82) is 0 Å².